The van der Waals surface area contributed by atoms with Crippen LogP contribution in [0.4, 0.5) is 8.78 Å². The molecule has 100 valence electrons. The molecule has 3 nitrogen and oxygen atoms in total. The predicted octanol–water partition coefficient (Wildman–Crippen LogP) is 2.29. The van der Waals surface area contributed by atoms with Crippen LogP contribution in [0.5, 0.6) is 0 Å². The number of likely N-dealkylation sites (tertiary alicyclic amines) is 1. The summed E-state index contributed by atoms with van der Waals surface area (Å²) < 4.78 is 28.3. The van der Waals surface area contributed by atoms with Crippen LogP contribution in [0.2, 0.25) is 0 Å². The standard InChI is InChI=1S/C11H18BrF2NO2/c12-6-9-2-1-4-15(7-9)11(16)3-5-17-8-10(13)14/h9-10H,1-8H2. The molecule has 1 amide bonds. The molecule has 1 saturated heterocycles. The fraction of sp³-hybridized carbons (Fsp3) is 0.909. The molecule has 0 saturated carbocycles. The Kier molecular flexibility index (Phi) is 6.96. The monoisotopic (exact) mass is 313 g/mol. The Morgan fingerprint density at radius 3 is 2.94 bits per heavy atom. The zero-order chi connectivity index (χ0) is 12.7. The minimum Gasteiger partial charge on any atom is -0.375 e. The van der Waals surface area contributed by atoms with E-state index in [1.807, 2.05) is 0 Å². The molecule has 1 unspecified atom stereocenters. The van der Waals surface area contributed by atoms with Crippen LogP contribution >= 0.6 is 15.9 Å². The lowest BCUT2D eigenvalue weighted by Crippen LogP contribution is -2.40. The molecule has 1 fully saturated rings. The molecule has 0 bridgehead atoms. The number of carbonyl (C=O) groups excluding carboxylic acids is 1. The van der Waals surface area contributed by atoms with Crippen LogP contribution in [-0.2, 0) is 9.53 Å². The minimum absolute atomic E-state index is 0.00455. The number of hydrogen-bond donors (Lipinski definition) is 0. The maximum atomic E-state index is 11.8. The number of piperidine rings is 1. The third kappa shape index (κ3) is 5.77. The fourth-order valence-electron chi connectivity index (χ4n) is 1.91. The number of amides is 1. The predicted molar refractivity (Wildman–Crippen MR) is 64.5 cm³/mol. The molecule has 0 aromatic carbocycles. The van der Waals surface area contributed by atoms with Gasteiger partial charge in [0.15, 0.2) is 0 Å². The van der Waals surface area contributed by atoms with Crippen LogP contribution in [0.25, 0.3) is 0 Å². The third-order valence-corrected chi connectivity index (χ3v) is 3.71. The molecule has 0 radical (unpaired) electrons. The highest BCUT2D eigenvalue weighted by molar-refractivity contribution is 9.09. The quantitative estimate of drug-likeness (QED) is 0.556. The lowest BCUT2D eigenvalue weighted by atomic mass is 10.00. The van der Waals surface area contributed by atoms with Gasteiger partial charge in [0.1, 0.15) is 6.61 Å². The molecule has 0 aromatic heterocycles. The van der Waals surface area contributed by atoms with Crippen LogP contribution in [-0.4, -0.2) is 48.9 Å². The van der Waals surface area contributed by atoms with Crippen molar-refractivity contribution in [2.24, 2.45) is 5.92 Å². The second kappa shape index (κ2) is 7.97. The topological polar surface area (TPSA) is 29.5 Å². The van der Waals surface area contributed by atoms with Crippen molar-refractivity contribution < 1.29 is 18.3 Å². The Morgan fingerprint density at radius 1 is 1.53 bits per heavy atom. The third-order valence-electron chi connectivity index (χ3n) is 2.79. The summed E-state index contributed by atoms with van der Waals surface area (Å²) in [4.78, 5) is 13.6. The highest BCUT2D eigenvalue weighted by Gasteiger charge is 2.22. The lowest BCUT2D eigenvalue weighted by Gasteiger charge is -2.32. The van der Waals surface area contributed by atoms with Crippen molar-refractivity contribution in [3.63, 3.8) is 0 Å². The molecule has 0 aromatic rings. The van der Waals surface area contributed by atoms with Gasteiger partial charge in [-0.25, -0.2) is 8.78 Å². The summed E-state index contributed by atoms with van der Waals surface area (Å²) in [5.74, 6) is 0.514. The zero-order valence-corrected chi connectivity index (χ0v) is 11.3. The summed E-state index contributed by atoms with van der Waals surface area (Å²) in [5, 5.41) is 0.901. The number of alkyl halides is 3. The van der Waals surface area contributed by atoms with E-state index in [1.54, 1.807) is 4.90 Å². The molecule has 6 heteroatoms. The van der Waals surface area contributed by atoms with Crippen molar-refractivity contribution in [1.82, 2.24) is 4.90 Å². The van der Waals surface area contributed by atoms with Gasteiger partial charge in [-0.2, -0.15) is 0 Å². The number of ether oxygens (including phenoxy) is 1. The van der Waals surface area contributed by atoms with Gasteiger partial charge in [0, 0.05) is 18.4 Å². The SMILES string of the molecule is O=C(CCOCC(F)F)N1CCCC(CBr)C1. The fourth-order valence-corrected chi connectivity index (χ4v) is 2.44. The summed E-state index contributed by atoms with van der Waals surface area (Å²) in [6.07, 6.45) is -0.115. The average Bonchev–Trinajstić information content (AvgIpc) is 2.34. The summed E-state index contributed by atoms with van der Waals surface area (Å²) in [6, 6.07) is 0. The van der Waals surface area contributed by atoms with Crippen molar-refractivity contribution in [3.8, 4) is 0 Å². The Balaban J connectivity index is 2.18. The average molecular weight is 314 g/mol. The molecule has 1 atom stereocenters. The number of halogens is 3. The van der Waals surface area contributed by atoms with E-state index in [0.29, 0.717) is 5.92 Å². The molecule has 1 aliphatic heterocycles. The second-order valence-electron chi connectivity index (χ2n) is 4.22. The molecule has 0 spiro atoms. The van der Waals surface area contributed by atoms with Gasteiger partial charge in [-0.1, -0.05) is 15.9 Å². The molecule has 1 rings (SSSR count). The Labute approximate surface area is 109 Å². The van der Waals surface area contributed by atoms with Gasteiger partial charge in [-0.15, -0.1) is 0 Å². The summed E-state index contributed by atoms with van der Waals surface area (Å²) in [6.45, 7) is 1.03. The zero-order valence-electron chi connectivity index (χ0n) is 9.71. The molecular formula is C11H18BrF2NO2. The van der Waals surface area contributed by atoms with E-state index in [4.69, 9.17) is 4.74 Å². The highest BCUT2D eigenvalue weighted by Crippen LogP contribution is 2.18. The van der Waals surface area contributed by atoms with Gasteiger partial charge >= 0.3 is 0 Å². The number of carbonyl (C=O) groups is 1. The largest absolute Gasteiger partial charge is 0.375 e. The summed E-state index contributed by atoms with van der Waals surface area (Å²) >= 11 is 3.42. The van der Waals surface area contributed by atoms with E-state index >= 15 is 0 Å². The van der Waals surface area contributed by atoms with Crippen molar-refractivity contribution >= 4 is 21.8 Å². The van der Waals surface area contributed by atoms with E-state index in [2.05, 4.69) is 15.9 Å². The maximum absolute atomic E-state index is 11.8. The molecule has 1 aliphatic rings. The van der Waals surface area contributed by atoms with Crippen LogP contribution in [0.3, 0.4) is 0 Å². The number of rotatable bonds is 6. The van der Waals surface area contributed by atoms with Crippen LogP contribution in [0.15, 0.2) is 0 Å². The van der Waals surface area contributed by atoms with Gasteiger partial charge in [-0.05, 0) is 18.8 Å². The van der Waals surface area contributed by atoms with E-state index < -0.39 is 13.0 Å². The van der Waals surface area contributed by atoms with Gasteiger partial charge in [0.2, 0.25) is 5.91 Å². The first-order valence-corrected chi connectivity index (χ1v) is 6.95. The summed E-state index contributed by atoms with van der Waals surface area (Å²) in [7, 11) is 0. The van der Waals surface area contributed by atoms with Crippen molar-refractivity contribution in [1.29, 1.82) is 0 Å². The van der Waals surface area contributed by atoms with E-state index in [0.717, 1.165) is 31.3 Å². The normalized spacial score (nSPS) is 20.9. The highest BCUT2D eigenvalue weighted by atomic mass is 79.9. The van der Waals surface area contributed by atoms with Crippen molar-refractivity contribution in [2.75, 3.05) is 31.6 Å². The van der Waals surface area contributed by atoms with Crippen LogP contribution in [0, 0.1) is 5.92 Å². The first-order valence-electron chi connectivity index (χ1n) is 5.83. The number of hydrogen-bond acceptors (Lipinski definition) is 2. The summed E-state index contributed by atoms with van der Waals surface area (Å²) in [5.41, 5.74) is 0. The number of nitrogens with zero attached hydrogens (tertiary/aromatic N) is 1. The molecule has 0 N–H and O–H groups in total. The molecule has 1 heterocycles. The van der Waals surface area contributed by atoms with E-state index in [-0.39, 0.29) is 18.9 Å². The van der Waals surface area contributed by atoms with Crippen LogP contribution < -0.4 is 0 Å². The van der Waals surface area contributed by atoms with Gasteiger partial charge in [-0.3, -0.25) is 4.79 Å². The molecule has 17 heavy (non-hydrogen) atoms. The maximum Gasteiger partial charge on any atom is 0.261 e. The van der Waals surface area contributed by atoms with E-state index in [9.17, 15) is 13.6 Å². The van der Waals surface area contributed by atoms with Gasteiger partial charge in [0.05, 0.1) is 13.0 Å². The van der Waals surface area contributed by atoms with E-state index in [1.165, 1.54) is 0 Å². The van der Waals surface area contributed by atoms with Crippen LogP contribution in [0.1, 0.15) is 19.3 Å². The Morgan fingerprint density at radius 2 is 2.29 bits per heavy atom. The molecule has 0 aliphatic carbocycles. The first-order chi connectivity index (χ1) is 8.13. The second-order valence-corrected chi connectivity index (χ2v) is 4.87. The van der Waals surface area contributed by atoms with Gasteiger partial charge in [0.25, 0.3) is 6.43 Å². The first kappa shape index (κ1) is 14.8. The van der Waals surface area contributed by atoms with Gasteiger partial charge < -0.3 is 9.64 Å². The van der Waals surface area contributed by atoms with Crippen molar-refractivity contribution in [2.45, 2.75) is 25.7 Å². The lowest BCUT2D eigenvalue weighted by molar-refractivity contribution is -0.134. The van der Waals surface area contributed by atoms with Crippen molar-refractivity contribution in [3.05, 3.63) is 0 Å². The Bertz CT molecular complexity index is 242. The minimum atomic E-state index is -2.46. The molecular weight excluding hydrogens is 296 g/mol. The smallest absolute Gasteiger partial charge is 0.261 e. The Hall–Kier alpha value is -0.230.